The smallest absolute Gasteiger partial charge is 0.120 e. The Balaban J connectivity index is 1.66. The Labute approximate surface area is 97.0 Å². The molecule has 0 atom stereocenters. The average molecular weight is 217 g/mol. The third kappa shape index (κ3) is 2.38. The van der Waals surface area contributed by atoms with Gasteiger partial charge in [0.2, 0.25) is 0 Å². The summed E-state index contributed by atoms with van der Waals surface area (Å²) in [7, 11) is 0. The van der Waals surface area contributed by atoms with Gasteiger partial charge in [0.15, 0.2) is 0 Å². The first-order valence-electron chi connectivity index (χ1n) is 6.39. The molecule has 2 nitrogen and oxygen atoms in total. The highest BCUT2D eigenvalue weighted by atomic mass is 16.5. The molecule has 0 bridgehead atoms. The lowest BCUT2D eigenvalue weighted by atomic mass is 10.1. The molecule has 0 unspecified atom stereocenters. The number of benzene rings is 1. The molecule has 1 aliphatic carbocycles. The Bertz CT molecular complexity index is 354. The van der Waals surface area contributed by atoms with Crippen LogP contribution in [0.25, 0.3) is 0 Å². The topological polar surface area (TPSA) is 21.3 Å². The van der Waals surface area contributed by atoms with Crippen molar-refractivity contribution in [3.8, 4) is 5.75 Å². The van der Waals surface area contributed by atoms with Gasteiger partial charge in [0.25, 0.3) is 0 Å². The van der Waals surface area contributed by atoms with Gasteiger partial charge in [-0.25, -0.2) is 0 Å². The number of ether oxygens (including phenoxy) is 1. The maximum atomic E-state index is 6.03. The lowest BCUT2D eigenvalue weighted by Gasteiger charge is -2.24. The van der Waals surface area contributed by atoms with Gasteiger partial charge < -0.3 is 10.1 Å². The van der Waals surface area contributed by atoms with Crippen LogP contribution in [0.5, 0.6) is 5.75 Å². The normalized spacial score (nSPS) is 22.0. The van der Waals surface area contributed by atoms with E-state index in [1.165, 1.54) is 18.4 Å². The predicted molar refractivity (Wildman–Crippen MR) is 64.9 cm³/mol. The number of hydrogen-bond donors (Lipinski definition) is 1. The molecule has 2 heteroatoms. The predicted octanol–water partition coefficient (Wildman–Crippen LogP) is 2.69. The van der Waals surface area contributed by atoms with E-state index in [1.807, 2.05) is 0 Å². The van der Waals surface area contributed by atoms with Crippen LogP contribution >= 0.6 is 0 Å². The molecule has 0 aromatic heterocycles. The fourth-order valence-corrected chi connectivity index (χ4v) is 2.36. The van der Waals surface area contributed by atoms with Gasteiger partial charge >= 0.3 is 0 Å². The molecule has 3 rings (SSSR count). The summed E-state index contributed by atoms with van der Waals surface area (Å²) in [6, 6.07) is 8.69. The molecule has 2 aliphatic rings. The number of nitrogens with one attached hydrogen (secondary N) is 1. The first-order valence-corrected chi connectivity index (χ1v) is 6.39. The van der Waals surface area contributed by atoms with Crippen LogP contribution in [0.1, 0.15) is 37.2 Å². The summed E-state index contributed by atoms with van der Waals surface area (Å²) in [6.07, 6.45) is 5.39. The van der Waals surface area contributed by atoms with Crippen molar-refractivity contribution < 1.29 is 4.74 Å². The van der Waals surface area contributed by atoms with E-state index in [1.54, 1.807) is 0 Å². The minimum atomic E-state index is 0.413. The SMILES string of the molecule is c1cc(OC2CCNCC2)cc(C2CC2)c1. The van der Waals surface area contributed by atoms with Crippen LogP contribution in [-0.4, -0.2) is 19.2 Å². The first-order chi connectivity index (χ1) is 7.92. The van der Waals surface area contributed by atoms with Crippen molar-refractivity contribution in [3.05, 3.63) is 29.8 Å². The molecule has 0 amide bonds. The van der Waals surface area contributed by atoms with Crippen LogP contribution in [0.3, 0.4) is 0 Å². The van der Waals surface area contributed by atoms with Crippen LogP contribution in [0.2, 0.25) is 0 Å². The van der Waals surface area contributed by atoms with Gasteiger partial charge in [-0.3, -0.25) is 0 Å². The zero-order valence-corrected chi connectivity index (χ0v) is 9.61. The van der Waals surface area contributed by atoms with Crippen LogP contribution in [0.4, 0.5) is 0 Å². The second-order valence-electron chi connectivity index (χ2n) is 4.91. The maximum Gasteiger partial charge on any atom is 0.120 e. The Kier molecular flexibility index (Phi) is 2.83. The van der Waals surface area contributed by atoms with Gasteiger partial charge in [0.1, 0.15) is 11.9 Å². The van der Waals surface area contributed by atoms with Crippen molar-refractivity contribution in [3.63, 3.8) is 0 Å². The van der Waals surface area contributed by atoms with E-state index >= 15 is 0 Å². The monoisotopic (exact) mass is 217 g/mol. The molecule has 86 valence electrons. The summed E-state index contributed by atoms with van der Waals surface area (Å²) in [5.74, 6) is 1.88. The molecule has 0 radical (unpaired) electrons. The molecule has 1 N–H and O–H groups in total. The van der Waals surface area contributed by atoms with E-state index < -0.39 is 0 Å². The number of piperidine rings is 1. The highest BCUT2D eigenvalue weighted by molar-refractivity contribution is 5.33. The van der Waals surface area contributed by atoms with Crippen LogP contribution in [0, 0.1) is 0 Å². The Hall–Kier alpha value is -1.02. The van der Waals surface area contributed by atoms with Crippen LogP contribution in [-0.2, 0) is 0 Å². The summed E-state index contributed by atoms with van der Waals surface area (Å²) in [5.41, 5.74) is 1.46. The standard InChI is InChI=1S/C14H19NO/c1-2-12(11-4-5-11)10-14(3-1)16-13-6-8-15-9-7-13/h1-3,10-11,13,15H,4-9H2. The van der Waals surface area contributed by atoms with E-state index in [9.17, 15) is 0 Å². The van der Waals surface area contributed by atoms with Gasteiger partial charge in [0.05, 0.1) is 0 Å². The van der Waals surface area contributed by atoms with Gasteiger partial charge in [-0.1, -0.05) is 12.1 Å². The number of hydrogen-bond acceptors (Lipinski definition) is 2. The lowest BCUT2D eigenvalue weighted by Crippen LogP contribution is -2.34. The van der Waals surface area contributed by atoms with E-state index in [4.69, 9.17) is 4.74 Å². The lowest BCUT2D eigenvalue weighted by molar-refractivity contribution is 0.162. The number of rotatable bonds is 3. The Morgan fingerprint density at radius 1 is 1.06 bits per heavy atom. The largest absolute Gasteiger partial charge is 0.490 e. The summed E-state index contributed by atoms with van der Waals surface area (Å²) in [4.78, 5) is 0. The third-order valence-corrected chi connectivity index (χ3v) is 3.50. The molecule has 1 heterocycles. The molecular formula is C14H19NO. The highest BCUT2D eigenvalue weighted by Gasteiger charge is 2.24. The van der Waals surface area contributed by atoms with Crippen molar-refractivity contribution in [2.45, 2.75) is 37.7 Å². The Morgan fingerprint density at radius 3 is 2.62 bits per heavy atom. The molecule has 0 spiro atoms. The molecule has 2 fully saturated rings. The van der Waals surface area contributed by atoms with Crippen LogP contribution < -0.4 is 10.1 Å². The van der Waals surface area contributed by atoms with Gasteiger partial charge in [-0.05, 0) is 62.4 Å². The molecule has 1 aromatic carbocycles. The molecule has 16 heavy (non-hydrogen) atoms. The van der Waals surface area contributed by atoms with Crippen molar-refractivity contribution in [2.75, 3.05) is 13.1 Å². The average Bonchev–Trinajstić information content (AvgIpc) is 3.15. The Morgan fingerprint density at radius 2 is 1.88 bits per heavy atom. The van der Waals surface area contributed by atoms with E-state index in [2.05, 4.69) is 29.6 Å². The molecule has 1 aliphatic heterocycles. The highest BCUT2D eigenvalue weighted by Crippen LogP contribution is 2.41. The van der Waals surface area contributed by atoms with Gasteiger partial charge in [-0.2, -0.15) is 0 Å². The molecular weight excluding hydrogens is 198 g/mol. The quantitative estimate of drug-likeness (QED) is 0.840. The zero-order valence-electron chi connectivity index (χ0n) is 9.61. The van der Waals surface area contributed by atoms with Gasteiger partial charge in [0, 0.05) is 0 Å². The summed E-state index contributed by atoms with van der Waals surface area (Å²) < 4.78 is 6.03. The van der Waals surface area contributed by atoms with Crippen molar-refractivity contribution in [2.24, 2.45) is 0 Å². The minimum absolute atomic E-state index is 0.413. The summed E-state index contributed by atoms with van der Waals surface area (Å²) in [5, 5.41) is 3.36. The molecule has 1 saturated heterocycles. The fraction of sp³-hybridized carbons (Fsp3) is 0.571. The summed E-state index contributed by atoms with van der Waals surface area (Å²) in [6.45, 7) is 2.18. The fourth-order valence-electron chi connectivity index (χ4n) is 2.36. The molecule has 1 aromatic rings. The van der Waals surface area contributed by atoms with E-state index in [-0.39, 0.29) is 0 Å². The zero-order chi connectivity index (χ0) is 10.8. The van der Waals surface area contributed by atoms with E-state index in [0.29, 0.717) is 6.10 Å². The van der Waals surface area contributed by atoms with Crippen molar-refractivity contribution in [1.82, 2.24) is 5.32 Å². The van der Waals surface area contributed by atoms with Gasteiger partial charge in [-0.15, -0.1) is 0 Å². The molecule has 1 saturated carbocycles. The van der Waals surface area contributed by atoms with Crippen molar-refractivity contribution in [1.29, 1.82) is 0 Å². The maximum absolute atomic E-state index is 6.03. The third-order valence-electron chi connectivity index (χ3n) is 3.50. The van der Waals surface area contributed by atoms with Crippen molar-refractivity contribution >= 4 is 0 Å². The second kappa shape index (κ2) is 4.46. The first kappa shape index (κ1) is 10.2. The minimum Gasteiger partial charge on any atom is -0.490 e. The summed E-state index contributed by atoms with van der Waals surface area (Å²) >= 11 is 0. The van der Waals surface area contributed by atoms with Crippen LogP contribution in [0.15, 0.2) is 24.3 Å². The van der Waals surface area contributed by atoms with E-state index in [0.717, 1.165) is 37.6 Å². The second-order valence-corrected chi connectivity index (χ2v) is 4.91.